The molecule has 0 atom stereocenters. The van der Waals surface area contributed by atoms with E-state index in [4.69, 9.17) is 0 Å². The fraction of sp³-hybridized carbons (Fsp3) is 0.353. The third-order valence-electron chi connectivity index (χ3n) is 4.49. The van der Waals surface area contributed by atoms with Crippen molar-refractivity contribution in [3.8, 4) is 11.4 Å². The molecule has 1 amide bonds. The number of fused-ring (bicyclic) bond motifs is 1. The molecule has 3 heterocycles. The number of aromatic amines is 1. The molecule has 1 aliphatic rings. The molecule has 2 N–H and O–H groups in total. The number of hydrogen-bond donors (Lipinski definition) is 2. The minimum Gasteiger partial charge on any atom is -0.310 e. The molecule has 0 bridgehead atoms. The second kappa shape index (κ2) is 6.46. The van der Waals surface area contributed by atoms with Gasteiger partial charge in [0.2, 0.25) is 11.7 Å². The Morgan fingerprint density at radius 1 is 1.28 bits per heavy atom. The highest BCUT2D eigenvalue weighted by atomic mass is 16.2. The molecule has 4 rings (SSSR count). The number of nitrogens with one attached hydrogen (secondary N) is 2. The van der Waals surface area contributed by atoms with Crippen molar-refractivity contribution in [2.24, 2.45) is 5.92 Å². The van der Waals surface area contributed by atoms with Gasteiger partial charge in [-0.15, -0.1) is 5.10 Å². The van der Waals surface area contributed by atoms with E-state index in [9.17, 15) is 9.59 Å². The van der Waals surface area contributed by atoms with Crippen molar-refractivity contribution in [3.63, 3.8) is 0 Å². The van der Waals surface area contributed by atoms with E-state index in [2.05, 4.69) is 25.4 Å². The van der Waals surface area contributed by atoms with Crippen molar-refractivity contribution in [2.45, 2.75) is 32.1 Å². The number of H-pyrrole nitrogens is 1. The van der Waals surface area contributed by atoms with E-state index >= 15 is 0 Å². The fourth-order valence-corrected chi connectivity index (χ4v) is 3.19. The second-order valence-corrected chi connectivity index (χ2v) is 6.26. The predicted octanol–water partition coefficient (Wildman–Crippen LogP) is 2.00. The average molecular weight is 338 g/mol. The molecule has 8 nitrogen and oxygen atoms in total. The quantitative estimate of drug-likeness (QED) is 0.760. The third-order valence-corrected chi connectivity index (χ3v) is 4.49. The summed E-state index contributed by atoms with van der Waals surface area (Å²) in [5.41, 5.74) is 0.396. The van der Waals surface area contributed by atoms with Crippen LogP contribution in [-0.2, 0) is 4.79 Å². The summed E-state index contributed by atoms with van der Waals surface area (Å²) in [7, 11) is 0. The number of hydrogen-bond acceptors (Lipinski definition) is 5. The van der Waals surface area contributed by atoms with Crippen LogP contribution in [0.2, 0.25) is 0 Å². The summed E-state index contributed by atoms with van der Waals surface area (Å²) in [6, 6.07) is 4.95. The van der Waals surface area contributed by atoms with Gasteiger partial charge in [-0.05, 0) is 25.0 Å². The molecular weight excluding hydrogens is 320 g/mol. The minimum atomic E-state index is -0.336. The number of aromatic nitrogens is 5. The number of anilines is 1. The van der Waals surface area contributed by atoms with Gasteiger partial charge in [0.1, 0.15) is 5.82 Å². The predicted molar refractivity (Wildman–Crippen MR) is 92.0 cm³/mol. The first-order valence-corrected chi connectivity index (χ1v) is 8.42. The van der Waals surface area contributed by atoms with Crippen LogP contribution in [0.1, 0.15) is 32.1 Å². The zero-order valence-corrected chi connectivity index (χ0v) is 13.6. The van der Waals surface area contributed by atoms with E-state index in [0.717, 1.165) is 31.2 Å². The first kappa shape index (κ1) is 15.5. The second-order valence-electron chi connectivity index (χ2n) is 6.26. The van der Waals surface area contributed by atoms with Crippen LogP contribution >= 0.6 is 0 Å². The number of carbonyl (C=O) groups is 1. The van der Waals surface area contributed by atoms with Gasteiger partial charge < -0.3 is 5.32 Å². The first-order valence-electron chi connectivity index (χ1n) is 8.42. The Balaban J connectivity index is 1.69. The summed E-state index contributed by atoms with van der Waals surface area (Å²) in [5.74, 6) is 0.972. The average Bonchev–Trinajstić information content (AvgIpc) is 3.07. The standard InChI is InChI=1S/C17H18N6O2/c24-14-9-13(19-16(25)11-5-2-1-3-6-11)23-17(20-14)21-15(22-23)12-7-4-8-18-10-12/h4,7-11H,1-3,5-6H2,(H,19,25)(H,20,21,22,24). The molecule has 0 unspecified atom stereocenters. The number of carbonyl (C=O) groups excluding carboxylic acids is 1. The van der Waals surface area contributed by atoms with E-state index in [0.29, 0.717) is 11.6 Å². The minimum absolute atomic E-state index is 0.00981. The molecule has 128 valence electrons. The maximum atomic E-state index is 12.5. The van der Waals surface area contributed by atoms with Gasteiger partial charge in [-0.2, -0.15) is 9.50 Å². The lowest BCUT2D eigenvalue weighted by molar-refractivity contribution is -0.120. The molecular formula is C17H18N6O2. The van der Waals surface area contributed by atoms with E-state index in [1.165, 1.54) is 17.0 Å². The SMILES string of the molecule is O=C(Nc1cc(=O)[nH]c2nc(-c3cccnc3)nn12)C1CCCCC1. The Morgan fingerprint density at radius 3 is 2.88 bits per heavy atom. The van der Waals surface area contributed by atoms with Crippen molar-refractivity contribution in [1.82, 2.24) is 24.6 Å². The Kier molecular flexibility index (Phi) is 4.01. The van der Waals surface area contributed by atoms with Crippen molar-refractivity contribution in [3.05, 3.63) is 40.9 Å². The number of amides is 1. The topological polar surface area (TPSA) is 105 Å². The summed E-state index contributed by atoms with van der Waals surface area (Å²) in [5, 5.41) is 7.25. The molecule has 25 heavy (non-hydrogen) atoms. The van der Waals surface area contributed by atoms with Gasteiger partial charge in [0.15, 0.2) is 5.82 Å². The van der Waals surface area contributed by atoms with Crippen LogP contribution in [0.5, 0.6) is 0 Å². The van der Waals surface area contributed by atoms with Crippen molar-refractivity contribution < 1.29 is 4.79 Å². The van der Waals surface area contributed by atoms with Crippen molar-refractivity contribution >= 4 is 17.5 Å². The molecule has 0 spiro atoms. The van der Waals surface area contributed by atoms with Crippen molar-refractivity contribution in [1.29, 1.82) is 0 Å². The van der Waals surface area contributed by atoms with Crippen LogP contribution in [0, 0.1) is 5.92 Å². The maximum Gasteiger partial charge on any atom is 0.254 e. The van der Waals surface area contributed by atoms with E-state index in [-0.39, 0.29) is 23.2 Å². The lowest BCUT2D eigenvalue weighted by Gasteiger charge is -2.20. The van der Waals surface area contributed by atoms with E-state index in [1.807, 2.05) is 6.07 Å². The van der Waals surface area contributed by atoms with Crippen LogP contribution in [0.3, 0.4) is 0 Å². The van der Waals surface area contributed by atoms with E-state index < -0.39 is 0 Å². The fourth-order valence-electron chi connectivity index (χ4n) is 3.19. The van der Waals surface area contributed by atoms with Crippen LogP contribution < -0.4 is 10.9 Å². The Bertz CT molecular complexity index is 956. The first-order chi connectivity index (χ1) is 12.2. The lowest BCUT2D eigenvalue weighted by Crippen LogP contribution is -2.27. The van der Waals surface area contributed by atoms with Gasteiger partial charge in [-0.25, -0.2) is 0 Å². The van der Waals surface area contributed by atoms with Crippen LogP contribution in [0.4, 0.5) is 5.82 Å². The smallest absolute Gasteiger partial charge is 0.254 e. The third kappa shape index (κ3) is 3.15. The van der Waals surface area contributed by atoms with E-state index in [1.54, 1.807) is 18.5 Å². The van der Waals surface area contributed by atoms with Gasteiger partial charge >= 0.3 is 0 Å². The van der Waals surface area contributed by atoms with Gasteiger partial charge in [-0.3, -0.25) is 19.6 Å². The molecule has 1 saturated carbocycles. The maximum absolute atomic E-state index is 12.5. The Morgan fingerprint density at radius 2 is 2.12 bits per heavy atom. The summed E-state index contributed by atoms with van der Waals surface area (Å²) < 4.78 is 1.45. The molecule has 8 heteroatoms. The molecule has 1 aliphatic carbocycles. The monoisotopic (exact) mass is 338 g/mol. The molecule has 3 aromatic heterocycles. The highest BCUT2D eigenvalue weighted by molar-refractivity contribution is 5.92. The molecule has 1 fully saturated rings. The molecule has 0 saturated heterocycles. The highest BCUT2D eigenvalue weighted by Gasteiger charge is 2.22. The Labute approximate surface area is 143 Å². The lowest BCUT2D eigenvalue weighted by atomic mass is 9.89. The van der Waals surface area contributed by atoms with Gasteiger partial charge in [0.05, 0.1) is 0 Å². The molecule has 0 radical (unpaired) electrons. The molecule has 0 aromatic carbocycles. The largest absolute Gasteiger partial charge is 0.310 e. The van der Waals surface area contributed by atoms with Gasteiger partial charge in [0, 0.05) is 29.9 Å². The van der Waals surface area contributed by atoms with Crippen LogP contribution in [0.25, 0.3) is 17.2 Å². The van der Waals surface area contributed by atoms with Gasteiger partial charge in [-0.1, -0.05) is 19.3 Å². The highest BCUT2D eigenvalue weighted by Crippen LogP contribution is 2.25. The molecule has 0 aliphatic heterocycles. The summed E-state index contributed by atoms with van der Waals surface area (Å²) in [4.78, 5) is 35.4. The number of pyridine rings is 1. The number of rotatable bonds is 3. The zero-order valence-electron chi connectivity index (χ0n) is 13.6. The van der Waals surface area contributed by atoms with Gasteiger partial charge in [0.25, 0.3) is 5.56 Å². The summed E-state index contributed by atoms with van der Waals surface area (Å²) in [6.45, 7) is 0. The number of nitrogens with zero attached hydrogens (tertiary/aromatic N) is 4. The normalized spacial score (nSPS) is 15.4. The summed E-state index contributed by atoms with van der Waals surface area (Å²) in [6.07, 6.45) is 8.39. The zero-order chi connectivity index (χ0) is 17.2. The Hall–Kier alpha value is -3.03. The molecule has 3 aromatic rings. The van der Waals surface area contributed by atoms with Crippen LogP contribution in [-0.4, -0.2) is 30.5 Å². The van der Waals surface area contributed by atoms with Crippen LogP contribution in [0.15, 0.2) is 35.4 Å². The van der Waals surface area contributed by atoms with Crippen molar-refractivity contribution in [2.75, 3.05) is 5.32 Å². The summed E-state index contributed by atoms with van der Waals surface area (Å²) >= 11 is 0.